The smallest absolute Gasteiger partial charge is 0.303 e. The number of halogens is 1. The standard InChI is InChI=1S/C19H22FN3O3/c1-13-15(11-21-23(13)17-7-3-2-6-16(17)20)19(26)22-10-4-5-14(12-22)8-9-18(24)25/h2-3,6-7,11,14H,4-5,8-10,12H2,1H3,(H,24,25). The normalized spacial score (nSPS) is 17.3. The summed E-state index contributed by atoms with van der Waals surface area (Å²) in [5, 5.41) is 13.0. The Kier molecular flexibility index (Phi) is 5.35. The van der Waals surface area contributed by atoms with E-state index >= 15 is 0 Å². The number of amides is 1. The van der Waals surface area contributed by atoms with Crippen molar-refractivity contribution in [3.05, 3.63) is 47.5 Å². The van der Waals surface area contributed by atoms with Gasteiger partial charge >= 0.3 is 5.97 Å². The molecule has 0 bridgehead atoms. The molecular formula is C19H22FN3O3. The molecule has 0 saturated carbocycles. The van der Waals surface area contributed by atoms with Crippen LogP contribution in [0.2, 0.25) is 0 Å². The summed E-state index contributed by atoms with van der Waals surface area (Å²) in [5.74, 6) is -1.14. The average Bonchev–Trinajstić information content (AvgIpc) is 3.01. The molecule has 1 aliphatic heterocycles. The predicted octanol–water partition coefficient (Wildman–Crippen LogP) is 3.04. The zero-order chi connectivity index (χ0) is 18.7. The number of carboxylic acids is 1. The number of hydrogen-bond donors (Lipinski definition) is 1. The van der Waals surface area contributed by atoms with Crippen LogP contribution in [0.3, 0.4) is 0 Å². The van der Waals surface area contributed by atoms with Crippen molar-refractivity contribution in [3.63, 3.8) is 0 Å². The first-order valence-corrected chi connectivity index (χ1v) is 8.78. The number of carbonyl (C=O) groups excluding carboxylic acids is 1. The third kappa shape index (κ3) is 3.76. The van der Waals surface area contributed by atoms with Gasteiger partial charge < -0.3 is 10.0 Å². The Labute approximate surface area is 151 Å². The molecule has 138 valence electrons. The van der Waals surface area contributed by atoms with E-state index in [0.29, 0.717) is 36.5 Å². The van der Waals surface area contributed by atoms with Crippen LogP contribution in [0.5, 0.6) is 0 Å². The Bertz CT molecular complexity index is 818. The lowest BCUT2D eigenvalue weighted by Crippen LogP contribution is -2.40. The quantitative estimate of drug-likeness (QED) is 0.890. The number of nitrogens with zero attached hydrogens (tertiary/aromatic N) is 3. The molecule has 0 aliphatic carbocycles. The van der Waals surface area contributed by atoms with Crippen molar-refractivity contribution in [2.75, 3.05) is 13.1 Å². The van der Waals surface area contributed by atoms with Crippen LogP contribution in [0, 0.1) is 18.7 Å². The third-order valence-electron chi connectivity index (χ3n) is 4.89. The van der Waals surface area contributed by atoms with E-state index < -0.39 is 11.8 Å². The van der Waals surface area contributed by atoms with Crippen LogP contribution >= 0.6 is 0 Å². The fraction of sp³-hybridized carbons (Fsp3) is 0.421. The maximum absolute atomic E-state index is 14.0. The van der Waals surface area contributed by atoms with Gasteiger partial charge in [0.25, 0.3) is 5.91 Å². The summed E-state index contributed by atoms with van der Waals surface area (Å²) < 4.78 is 15.5. The summed E-state index contributed by atoms with van der Waals surface area (Å²) in [5.41, 5.74) is 1.35. The Hall–Kier alpha value is -2.70. The van der Waals surface area contributed by atoms with E-state index in [0.717, 1.165) is 12.8 Å². The minimum Gasteiger partial charge on any atom is -0.481 e. The van der Waals surface area contributed by atoms with Gasteiger partial charge in [-0.05, 0) is 44.2 Å². The highest BCUT2D eigenvalue weighted by Crippen LogP contribution is 2.24. The zero-order valence-electron chi connectivity index (χ0n) is 14.7. The maximum Gasteiger partial charge on any atom is 0.303 e. The highest BCUT2D eigenvalue weighted by molar-refractivity contribution is 5.95. The second-order valence-electron chi connectivity index (χ2n) is 6.70. The van der Waals surface area contributed by atoms with Crippen molar-refractivity contribution >= 4 is 11.9 Å². The van der Waals surface area contributed by atoms with Crippen LogP contribution in [0.4, 0.5) is 4.39 Å². The molecule has 2 aromatic rings. The van der Waals surface area contributed by atoms with Gasteiger partial charge in [-0.2, -0.15) is 5.10 Å². The first-order chi connectivity index (χ1) is 12.5. The third-order valence-corrected chi connectivity index (χ3v) is 4.89. The van der Waals surface area contributed by atoms with E-state index in [1.165, 1.54) is 16.9 Å². The number of aliphatic carboxylic acids is 1. The Balaban J connectivity index is 1.76. The van der Waals surface area contributed by atoms with Gasteiger partial charge in [-0.25, -0.2) is 9.07 Å². The number of likely N-dealkylation sites (tertiary alicyclic amines) is 1. The Morgan fingerprint density at radius 1 is 1.35 bits per heavy atom. The molecule has 0 spiro atoms. The zero-order valence-corrected chi connectivity index (χ0v) is 14.7. The van der Waals surface area contributed by atoms with Gasteiger partial charge in [0.05, 0.1) is 17.5 Å². The van der Waals surface area contributed by atoms with Gasteiger partial charge in [-0.3, -0.25) is 9.59 Å². The number of hydrogen-bond acceptors (Lipinski definition) is 3. The molecule has 26 heavy (non-hydrogen) atoms. The van der Waals surface area contributed by atoms with Crippen molar-refractivity contribution < 1.29 is 19.1 Å². The van der Waals surface area contributed by atoms with Crippen molar-refractivity contribution in [1.82, 2.24) is 14.7 Å². The second kappa shape index (κ2) is 7.68. The molecule has 1 aromatic carbocycles. The van der Waals surface area contributed by atoms with E-state index in [2.05, 4.69) is 5.10 Å². The molecule has 1 aromatic heterocycles. The number of carbonyl (C=O) groups is 2. The van der Waals surface area contributed by atoms with Crippen LogP contribution in [0.25, 0.3) is 5.69 Å². The number of aromatic nitrogens is 2. The number of piperidine rings is 1. The molecule has 0 radical (unpaired) electrons. The maximum atomic E-state index is 14.0. The van der Waals surface area contributed by atoms with Crippen LogP contribution in [0.15, 0.2) is 30.5 Å². The molecule has 1 N–H and O–H groups in total. The molecule has 1 amide bonds. The van der Waals surface area contributed by atoms with E-state index in [1.807, 2.05) is 0 Å². The van der Waals surface area contributed by atoms with Crippen molar-refractivity contribution in [3.8, 4) is 5.69 Å². The molecule has 3 rings (SSSR count). The summed E-state index contributed by atoms with van der Waals surface area (Å²) in [6, 6.07) is 6.30. The SMILES string of the molecule is Cc1c(C(=O)N2CCCC(CCC(=O)O)C2)cnn1-c1ccccc1F. The molecule has 1 unspecified atom stereocenters. The highest BCUT2D eigenvalue weighted by Gasteiger charge is 2.27. The molecule has 6 nitrogen and oxygen atoms in total. The van der Waals surface area contributed by atoms with Crippen molar-refractivity contribution in [2.24, 2.45) is 5.92 Å². The van der Waals surface area contributed by atoms with Gasteiger partial charge in [0.15, 0.2) is 0 Å². The predicted molar refractivity (Wildman–Crippen MR) is 93.8 cm³/mol. The summed E-state index contributed by atoms with van der Waals surface area (Å²) in [7, 11) is 0. The molecule has 1 atom stereocenters. The first-order valence-electron chi connectivity index (χ1n) is 8.78. The lowest BCUT2D eigenvalue weighted by molar-refractivity contribution is -0.137. The average molecular weight is 359 g/mol. The minimum atomic E-state index is -0.810. The van der Waals surface area contributed by atoms with Gasteiger partial charge in [0.1, 0.15) is 11.5 Å². The van der Waals surface area contributed by atoms with Crippen molar-refractivity contribution in [2.45, 2.75) is 32.6 Å². The van der Waals surface area contributed by atoms with E-state index in [9.17, 15) is 14.0 Å². The van der Waals surface area contributed by atoms with Crippen LogP contribution < -0.4 is 0 Å². The summed E-state index contributed by atoms with van der Waals surface area (Å²) in [6.07, 6.45) is 3.97. The fourth-order valence-corrected chi connectivity index (χ4v) is 3.47. The molecule has 1 fully saturated rings. The van der Waals surface area contributed by atoms with Crippen LogP contribution in [0.1, 0.15) is 41.7 Å². The summed E-state index contributed by atoms with van der Waals surface area (Å²) >= 11 is 0. The van der Waals surface area contributed by atoms with Gasteiger partial charge in [0.2, 0.25) is 0 Å². The lowest BCUT2D eigenvalue weighted by atomic mass is 9.93. The molecular weight excluding hydrogens is 337 g/mol. The molecule has 1 saturated heterocycles. The minimum absolute atomic E-state index is 0.122. The first kappa shape index (κ1) is 18.1. The number of rotatable bonds is 5. The molecule has 1 aliphatic rings. The van der Waals surface area contributed by atoms with Gasteiger partial charge in [-0.1, -0.05) is 12.1 Å². The molecule has 7 heteroatoms. The summed E-state index contributed by atoms with van der Waals surface area (Å²) in [6.45, 7) is 2.95. The van der Waals surface area contributed by atoms with Crippen molar-refractivity contribution in [1.29, 1.82) is 0 Å². The topological polar surface area (TPSA) is 75.4 Å². The monoisotopic (exact) mass is 359 g/mol. The Morgan fingerprint density at radius 2 is 2.12 bits per heavy atom. The van der Waals surface area contributed by atoms with Crippen LogP contribution in [-0.2, 0) is 4.79 Å². The van der Waals surface area contributed by atoms with E-state index in [4.69, 9.17) is 5.11 Å². The number of carboxylic acid groups (broad SMARTS) is 1. The summed E-state index contributed by atoms with van der Waals surface area (Å²) in [4.78, 5) is 25.4. The Morgan fingerprint density at radius 3 is 2.85 bits per heavy atom. The van der Waals surface area contributed by atoms with E-state index in [-0.39, 0.29) is 18.2 Å². The van der Waals surface area contributed by atoms with Gasteiger partial charge in [-0.15, -0.1) is 0 Å². The highest BCUT2D eigenvalue weighted by atomic mass is 19.1. The van der Waals surface area contributed by atoms with E-state index in [1.54, 1.807) is 30.0 Å². The fourth-order valence-electron chi connectivity index (χ4n) is 3.47. The number of para-hydroxylation sites is 1. The van der Waals surface area contributed by atoms with Gasteiger partial charge in [0, 0.05) is 19.5 Å². The number of benzene rings is 1. The lowest BCUT2D eigenvalue weighted by Gasteiger charge is -2.32. The molecule has 2 heterocycles. The van der Waals surface area contributed by atoms with Crippen LogP contribution in [-0.4, -0.2) is 44.8 Å². The largest absolute Gasteiger partial charge is 0.481 e. The second-order valence-corrected chi connectivity index (χ2v) is 6.70.